The minimum Gasteiger partial charge on any atom is -0.438 e. The molecule has 140 valence electrons. The first-order chi connectivity index (χ1) is 13.6. The van der Waals surface area contributed by atoms with Crippen molar-refractivity contribution in [1.82, 2.24) is 20.3 Å². The zero-order valence-electron chi connectivity index (χ0n) is 15.7. The molecule has 0 spiro atoms. The predicted molar refractivity (Wildman–Crippen MR) is 107 cm³/mol. The second kappa shape index (κ2) is 7.52. The van der Waals surface area contributed by atoms with E-state index in [9.17, 15) is 4.79 Å². The van der Waals surface area contributed by atoms with Crippen molar-refractivity contribution in [2.75, 3.05) is 0 Å². The van der Waals surface area contributed by atoms with Crippen LogP contribution in [0.4, 0.5) is 0 Å². The number of para-hydroxylation sites is 1. The number of carbonyl (C=O) groups excluding carboxylic acids is 1. The molecular weight excluding hydrogens is 352 g/mol. The summed E-state index contributed by atoms with van der Waals surface area (Å²) in [6, 6.07) is 16.9. The van der Waals surface area contributed by atoms with E-state index in [0.717, 1.165) is 33.7 Å². The average Bonchev–Trinajstić information content (AvgIpc) is 3.08. The molecule has 0 saturated heterocycles. The van der Waals surface area contributed by atoms with E-state index in [0.29, 0.717) is 18.0 Å². The molecule has 0 aliphatic carbocycles. The van der Waals surface area contributed by atoms with Crippen molar-refractivity contribution in [3.05, 3.63) is 83.3 Å². The Kier molecular flexibility index (Phi) is 4.76. The third kappa shape index (κ3) is 3.71. The molecule has 6 nitrogen and oxygen atoms in total. The molecule has 0 fully saturated rings. The van der Waals surface area contributed by atoms with Gasteiger partial charge in [0, 0.05) is 23.9 Å². The van der Waals surface area contributed by atoms with Crippen LogP contribution in [0.25, 0.3) is 11.0 Å². The van der Waals surface area contributed by atoms with Gasteiger partial charge in [0.2, 0.25) is 5.88 Å². The Bertz CT molecular complexity index is 1150. The summed E-state index contributed by atoms with van der Waals surface area (Å²) in [6.45, 7) is 4.18. The van der Waals surface area contributed by atoms with Crippen LogP contribution >= 0.6 is 0 Å². The molecule has 6 heteroatoms. The molecule has 2 heterocycles. The van der Waals surface area contributed by atoms with Crippen LogP contribution in [0.5, 0.6) is 11.6 Å². The van der Waals surface area contributed by atoms with Gasteiger partial charge in [-0.3, -0.25) is 4.79 Å². The van der Waals surface area contributed by atoms with E-state index in [1.807, 2.05) is 56.3 Å². The lowest BCUT2D eigenvalue weighted by atomic mass is 10.2. The van der Waals surface area contributed by atoms with Crippen molar-refractivity contribution in [1.29, 1.82) is 0 Å². The van der Waals surface area contributed by atoms with Crippen LogP contribution in [0.1, 0.15) is 27.3 Å². The number of carbonyl (C=O) groups is 1. The summed E-state index contributed by atoms with van der Waals surface area (Å²) >= 11 is 0. The SMILES string of the molecule is Cc1nc2ccc(C(=O)NCc3cccnc3Oc3ccccc3C)cc2[nH]1. The van der Waals surface area contributed by atoms with E-state index < -0.39 is 0 Å². The lowest BCUT2D eigenvalue weighted by molar-refractivity contribution is 0.0951. The molecular formula is C22H20N4O2. The Hall–Kier alpha value is -3.67. The number of ether oxygens (including phenoxy) is 1. The summed E-state index contributed by atoms with van der Waals surface area (Å²) in [5.74, 6) is 1.88. The van der Waals surface area contributed by atoms with Crippen molar-refractivity contribution in [2.45, 2.75) is 20.4 Å². The van der Waals surface area contributed by atoms with Gasteiger partial charge in [0.25, 0.3) is 5.91 Å². The highest BCUT2D eigenvalue weighted by Crippen LogP contribution is 2.25. The van der Waals surface area contributed by atoms with Crippen LogP contribution in [0.3, 0.4) is 0 Å². The number of aromatic nitrogens is 3. The first-order valence-corrected chi connectivity index (χ1v) is 9.02. The Morgan fingerprint density at radius 3 is 2.82 bits per heavy atom. The van der Waals surface area contributed by atoms with Crippen molar-refractivity contribution < 1.29 is 9.53 Å². The number of benzene rings is 2. The Labute approximate surface area is 162 Å². The van der Waals surface area contributed by atoms with E-state index >= 15 is 0 Å². The molecule has 2 N–H and O–H groups in total. The van der Waals surface area contributed by atoms with Crippen molar-refractivity contribution in [3.8, 4) is 11.6 Å². The minimum absolute atomic E-state index is 0.167. The smallest absolute Gasteiger partial charge is 0.251 e. The van der Waals surface area contributed by atoms with Gasteiger partial charge in [0.15, 0.2) is 0 Å². The first-order valence-electron chi connectivity index (χ1n) is 9.02. The van der Waals surface area contributed by atoms with E-state index in [4.69, 9.17) is 4.74 Å². The summed E-state index contributed by atoms with van der Waals surface area (Å²) < 4.78 is 5.96. The van der Waals surface area contributed by atoms with Crippen molar-refractivity contribution in [2.24, 2.45) is 0 Å². The number of rotatable bonds is 5. The topological polar surface area (TPSA) is 79.9 Å². The standard InChI is InChI=1S/C22H20N4O2/c1-14-6-3-4-8-20(14)28-22-17(7-5-11-23-22)13-24-21(27)16-9-10-18-19(12-16)26-15(2)25-18/h3-12H,13H2,1-2H3,(H,24,27)(H,25,26). The number of aromatic amines is 1. The molecule has 28 heavy (non-hydrogen) atoms. The molecule has 2 aromatic carbocycles. The van der Waals surface area contributed by atoms with Crippen LogP contribution in [0, 0.1) is 13.8 Å². The molecule has 0 aliphatic heterocycles. The predicted octanol–water partition coefficient (Wildman–Crippen LogP) is 4.30. The molecule has 0 radical (unpaired) electrons. The van der Waals surface area contributed by atoms with Gasteiger partial charge >= 0.3 is 0 Å². The monoisotopic (exact) mass is 372 g/mol. The summed E-state index contributed by atoms with van der Waals surface area (Å²) in [4.78, 5) is 24.4. The zero-order valence-corrected chi connectivity index (χ0v) is 15.7. The highest BCUT2D eigenvalue weighted by molar-refractivity contribution is 5.97. The van der Waals surface area contributed by atoms with Gasteiger partial charge in [-0.2, -0.15) is 0 Å². The van der Waals surface area contributed by atoms with E-state index in [-0.39, 0.29) is 5.91 Å². The van der Waals surface area contributed by atoms with Crippen LogP contribution in [-0.4, -0.2) is 20.9 Å². The maximum Gasteiger partial charge on any atom is 0.251 e. The van der Waals surface area contributed by atoms with E-state index in [1.165, 1.54) is 0 Å². The number of H-pyrrole nitrogens is 1. The van der Waals surface area contributed by atoms with E-state index in [1.54, 1.807) is 18.3 Å². The van der Waals surface area contributed by atoms with Crippen molar-refractivity contribution in [3.63, 3.8) is 0 Å². The first kappa shape index (κ1) is 17.7. The number of amides is 1. The highest BCUT2D eigenvalue weighted by Gasteiger charge is 2.11. The lowest BCUT2D eigenvalue weighted by Gasteiger charge is -2.12. The number of nitrogens with zero attached hydrogens (tertiary/aromatic N) is 2. The highest BCUT2D eigenvalue weighted by atomic mass is 16.5. The minimum atomic E-state index is -0.167. The molecule has 0 aliphatic rings. The summed E-state index contributed by atoms with van der Waals surface area (Å²) in [5, 5.41) is 2.93. The molecule has 0 saturated carbocycles. The normalized spacial score (nSPS) is 10.8. The maximum atomic E-state index is 12.6. The number of hydrogen-bond donors (Lipinski definition) is 2. The molecule has 1 amide bonds. The van der Waals surface area contributed by atoms with Crippen LogP contribution in [0.2, 0.25) is 0 Å². The summed E-state index contributed by atoms with van der Waals surface area (Å²) in [6.07, 6.45) is 1.67. The number of pyridine rings is 1. The molecule has 4 rings (SSSR count). The molecule has 4 aromatic rings. The fourth-order valence-corrected chi connectivity index (χ4v) is 2.98. The molecule has 0 bridgehead atoms. The van der Waals surface area contributed by atoms with Gasteiger partial charge < -0.3 is 15.0 Å². The number of fused-ring (bicyclic) bond motifs is 1. The van der Waals surface area contributed by atoms with Gasteiger partial charge in [-0.15, -0.1) is 0 Å². The number of hydrogen-bond acceptors (Lipinski definition) is 4. The third-order valence-electron chi connectivity index (χ3n) is 4.45. The Balaban J connectivity index is 1.49. The van der Waals surface area contributed by atoms with Crippen molar-refractivity contribution >= 4 is 16.9 Å². The van der Waals surface area contributed by atoms with Crippen LogP contribution < -0.4 is 10.1 Å². The largest absolute Gasteiger partial charge is 0.438 e. The molecule has 0 unspecified atom stereocenters. The third-order valence-corrected chi connectivity index (χ3v) is 4.45. The Morgan fingerprint density at radius 2 is 1.96 bits per heavy atom. The van der Waals surface area contributed by atoms with Gasteiger partial charge in [-0.05, 0) is 49.7 Å². The lowest BCUT2D eigenvalue weighted by Crippen LogP contribution is -2.23. The number of imidazole rings is 1. The fourth-order valence-electron chi connectivity index (χ4n) is 2.98. The summed E-state index contributed by atoms with van der Waals surface area (Å²) in [5.41, 5.74) is 4.08. The van der Waals surface area contributed by atoms with Crippen LogP contribution in [-0.2, 0) is 6.54 Å². The van der Waals surface area contributed by atoms with Gasteiger partial charge in [0.1, 0.15) is 11.6 Å². The number of nitrogens with one attached hydrogen (secondary N) is 2. The molecule has 2 aromatic heterocycles. The second-order valence-electron chi connectivity index (χ2n) is 6.57. The average molecular weight is 372 g/mol. The van der Waals surface area contributed by atoms with Crippen LogP contribution in [0.15, 0.2) is 60.8 Å². The maximum absolute atomic E-state index is 12.6. The van der Waals surface area contributed by atoms with E-state index in [2.05, 4.69) is 20.3 Å². The molecule has 0 atom stereocenters. The van der Waals surface area contributed by atoms with Gasteiger partial charge in [-0.1, -0.05) is 24.3 Å². The Morgan fingerprint density at radius 1 is 1.11 bits per heavy atom. The van der Waals surface area contributed by atoms with Gasteiger partial charge in [-0.25, -0.2) is 9.97 Å². The zero-order chi connectivity index (χ0) is 19.5. The quantitative estimate of drug-likeness (QED) is 0.547. The number of aryl methyl sites for hydroxylation is 2. The second-order valence-corrected chi connectivity index (χ2v) is 6.57. The van der Waals surface area contributed by atoms with Gasteiger partial charge in [0.05, 0.1) is 11.0 Å². The fraction of sp³-hybridized carbons (Fsp3) is 0.136. The summed E-state index contributed by atoms with van der Waals surface area (Å²) in [7, 11) is 0.